The molecule has 0 saturated carbocycles. The standard InChI is InChI=1S/C11H14BrFN2O3S/c1-15(2)19(17,18)6-5-14-11(16)8-3-4-9(12)10(13)7-8/h3-4,7H,5-6H2,1-2H3,(H,14,16). The molecule has 0 bridgehead atoms. The van der Waals surface area contributed by atoms with Crippen molar-refractivity contribution in [3.63, 3.8) is 0 Å². The van der Waals surface area contributed by atoms with Crippen LogP contribution in [0.15, 0.2) is 22.7 Å². The van der Waals surface area contributed by atoms with Gasteiger partial charge in [0.25, 0.3) is 5.91 Å². The third-order valence-electron chi connectivity index (χ3n) is 2.38. The molecule has 0 aromatic heterocycles. The van der Waals surface area contributed by atoms with Crippen LogP contribution in [0.5, 0.6) is 0 Å². The smallest absolute Gasteiger partial charge is 0.251 e. The summed E-state index contributed by atoms with van der Waals surface area (Å²) in [4.78, 5) is 11.7. The highest BCUT2D eigenvalue weighted by Gasteiger charge is 2.14. The SMILES string of the molecule is CN(C)S(=O)(=O)CCNC(=O)c1ccc(Br)c(F)c1. The number of hydrogen-bond donors (Lipinski definition) is 1. The molecule has 1 amide bonds. The average Bonchev–Trinajstić information content (AvgIpc) is 2.32. The Morgan fingerprint density at radius 1 is 1.42 bits per heavy atom. The molecule has 8 heteroatoms. The van der Waals surface area contributed by atoms with Crippen LogP contribution >= 0.6 is 15.9 Å². The third-order valence-corrected chi connectivity index (χ3v) is 4.86. The van der Waals surface area contributed by atoms with Crippen LogP contribution in [0.25, 0.3) is 0 Å². The zero-order valence-electron chi connectivity index (χ0n) is 10.5. The van der Waals surface area contributed by atoms with Crippen LogP contribution in [-0.4, -0.2) is 45.0 Å². The zero-order chi connectivity index (χ0) is 14.6. The molecule has 1 aromatic rings. The van der Waals surface area contributed by atoms with Gasteiger partial charge in [0.2, 0.25) is 10.0 Å². The number of benzene rings is 1. The number of rotatable bonds is 5. The van der Waals surface area contributed by atoms with Gasteiger partial charge >= 0.3 is 0 Å². The van der Waals surface area contributed by atoms with E-state index >= 15 is 0 Å². The van der Waals surface area contributed by atoms with Crippen molar-refractivity contribution in [1.29, 1.82) is 0 Å². The molecule has 0 radical (unpaired) electrons. The van der Waals surface area contributed by atoms with E-state index in [1.54, 1.807) is 0 Å². The molecule has 0 atom stereocenters. The minimum absolute atomic E-state index is 0.0307. The lowest BCUT2D eigenvalue weighted by Crippen LogP contribution is -2.33. The number of carbonyl (C=O) groups is 1. The van der Waals surface area contributed by atoms with Gasteiger partial charge in [0, 0.05) is 26.2 Å². The van der Waals surface area contributed by atoms with Gasteiger partial charge in [-0.25, -0.2) is 17.1 Å². The number of hydrogen-bond acceptors (Lipinski definition) is 3. The first-order chi connectivity index (χ1) is 8.74. The Bertz CT molecular complexity index is 575. The number of carbonyl (C=O) groups excluding carboxylic acids is 1. The summed E-state index contributed by atoms with van der Waals surface area (Å²) >= 11 is 2.98. The van der Waals surface area contributed by atoms with Crippen LogP contribution in [-0.2, 0) is 10.0 Å². The maximum atomic E-state index is 13.2. The molecule has 0 aliphatic carbocycles. The highest BCUT2D eigenvalue weighted by Crippen LogP contribution is 2.16. The normalized spacial score (nSPS) is 11.6. The summed E-state index contributed by atoms with van der Waals surface area (Å²) in [5.74, 6) is -1.26. The number of halogens is 2. The summed E-state index contributed by atoms with van der Waals surface area (Å²) < 4.78 is 37.5. The maximum absolute atomic E-state index is 13.2. The molecular weight excluding hydrogens is 339 g/mol. The average molecular weight is 353 g/mol. The maximum Gasteiger partial charge on any atom is 0.251 e. The fraction of sp³-hybridized carbons (Fsp3) is 0.364. The van der Waals surface area contributed by atoms with Crippen molar-refractivity contribution in [2.45, 2.75) is 0 Å². The van der Waals surface area contributed by atoms with Crippen molar-refractivity contribution >= 4 is 31.9 Å². The molecule has 0 heterocycles. The molecule has 0 fully saturated rings. The van der Waals surface area contributed by atoms with Gasteiger partial charge in [-0.3, -0.25) is 4.79 Å². The van der Waals surface area contributed by atoms with E-state index in [1.807, 2.05) is 0 Å². The Labute approximate surface area is 120 Å². The Hall–Kier alpha value is -0.990. The Balaban J connectivity index is 2.59. The van der Waals surface area contributed by atoms with Crippen molar-refractivity contribution < 1.29 is 17.6 Å². The molecule has 1 N–H and O–H groups in total. The van der Waals surface area contributed by atoms with E-state index in [0.29, 0.717) is 0 Å². The van der Waals surface area contributed by atoms with Crippen LogP contribution in [0.4, 0.5) is 4.39 Å². The summed E-state index contributed by atoms with van der Waals surface area (Å²) in [7, 11) is -0.518. The van der Waals surface area contributed by atoms with E-state index in [2.05, 4.69) is 21.2 Å². The number of amides is 1. The topological polar surface area (TPSA) is 66.5 Å². The second-order valence-corrected chi connectivity index (χ2v) is 7.14. The van der Waals surface area contributed by atoms with E-state index in [9.17, 15) is 17.6 Å². The first-order valence-corrected chi connectivity index (χ1v) is 7.77. The number of sulfonamides is 1. The summed E-state index contributed by atoms with van der Waals surface area (Å²) in [6.45, 7) is -0.0307. The van der Waals surface area contributed by atoms with Gasteiger partial charge in [0.1, 0.15) is 5.82 Å². The van der Waals surface area contributed by atoms with Gasteiger partial charge in [0.15, 0.2) is 0 Å². The van der Waals surface area contributed by atoms with Crippen molar-refractivity contribution in [1.82, 2.24) is 9.62 Å². The lowest BCUT2D eigenvalue weighted by atomic mass is 10.2. The predicted molar refractivity (Wildman–Crippen MR) is 73.9 cm³/mol. The summed E-state index contributed by atoms with van der Waals surface area (Å²) in [5, 5.41) is 2.43. The predicted octanol–water partition coefficient (Wildman–Crippen LogP) is 1.21. The summed E-state index contributed by atoms with van der Waals surface area (Å²) in [5.41, 5.74) is 0.142. The summed E-state index contributed by atoms with van der Waals surface area (Å²) in [6.07, 6.45) is 0. The highest BCUT2D eigenvalue weighted by atomic mass is 79.9. The Morgan fingerprint density at radius 3 is 2.58 bits per heavy atom. The van der Waals surface area contributed by atoms with Gasteiger partial charge in [-0.1, -0.05) is 0 Å². The van der Waals surface area contributed by atoms with Crippen LogP contribution in [0, 0.1) is 5.82 Å². The van der Waals surface area contributed by atoms with E-state index < -0.39 is 21.7 Å². The molecule has 1 aromatic carbocycles. The molecular formula is C11H14BrFN2O3S. The molecule has 1 rings (SSSR count). The van der Waals surface area contributed by atoms with Gasteiger partial charge in [0.05, 0.1) is 10.2 Å². The monoisotopic (exact) mass is 352 g/mol. The molecule has 0 unspecified atom stereocenters. The summed E-state index contributed by atoms with van der Waals surface area (Å²) in [6, 6.07) is 3.95. The van der Waals surface area contributed by atoms with E-state index in [1.165, 1.54) is 26.2 Å². The number of nitrogens with zero attached hydrogens (tertiary/aromatic N) is 1. The van der Waals surface area contributed by atoms with Crippen LogP contribution < -0.4 is 5.32 Å². The lowest BCUT2D eigenvalue weighted by Gasteiger charge is -2.11. The van der Waals surface area contributed by atoms with Crippen molar-refractivity contribution in [3.8, 4) is 0 Å². The highest BCUT2D eigenvalue weighted by molar-refractivity contribution is 9.10. The van der Waals surface area contributed by atoms with E-state index in [4.69, 9.17) is 0 Å². The number of nitrogens with one attached hydrogen (secondary N) is 1. The fourth-order valence-corrected chi connectivity index (χ4v) is 2.19. The first-order valence-electron chi connectivity index (χ1n) is 5.37. The van der Waals surface area contributed by atoms with Crippen molar-refractivity contribution in [2.75, 3.05) is 26.4 Å². The van der Waals surface area contributed by atoms with Gasteiger partial charge in [-0.05, 0) is 34.1 Å². The molecule has 0 spiro atoms. The molecule has 5 nitrogen and oxygen atoms in total. The van der Waals surface area contributed by atoms with Crippen molar-refractivity contribution in [2.24, 2.45) is 0 Å². The quantitative estimate of drug-likeness (QED) is 0.865. The molecule has 19 heavy (non-hydrogen) atoms. The molecule has 0 aliphatic heterocycles. The Morgan fingerprint density at radius 2 is 2.05 bits per heavy atom. The minimum atomic E-state index is -3.35. The van der Waals surface area contributed by atoms with Crippen molar-refractivity contribution in [3.05, 3.63) is 34.1 Å². The Kier molecular flexibility index (Phi) is 5.45. The van der Waals surface area contributed by atoms with Gasteiger partial charge in [-0.15, -0.1) is 0 Å². The van der Waals surface area contributed by atoms with Gasteiger partial charge in [-0.2, -0.15) is 0 Å². The molecule has 0 aliphatic rings. The third kappa shape index (κ3) is 4.55. The van der Waals surface area contributed by atoms with Crippen LogP contribution in [0.3, 0.4) is 0 Å². The van der Waals surface area contributed by atoms with E-state index in [-0.39, 0.29) is 22.3 Å². The lowest BCUT2D eigenvalue weighted by molar-refractivity contribution is 0.0955. The second-order valence-electron chi connectivity index (χ2n) is 3.98. The first kappa shape index (κ1) is 16.1. The minimum Gasteiger partial charge on any atom is -0.351 e. The van der Waals surface area contributed by atoms with Crippen LogP contribution in [0.2, 0.25) is 0 Å². The molecule has 0 saturated heterocycles. The van der Waals surface area contributed by atoms with Crippen LogP contribution in [0.1, 0.15) is 10.4 Å². The zero-order valence-corrected chi connectivity index (χ0v) is 12.9. The fourth-order valence-electron chi connectivity index (χ4n) is 1.22. The largest absolute Gasteiger partial charge is 0.351 e. The second kappa shape index (κ2) is 6.44. The van der Waals surface area contributed by atoms with E-state index in [0.717, 1.165) is 10.4 Å². The molecule has 106 valence electrons. The van der Waals surface area contributed by atoms with Gasteiger partial charge < -0.3 is 5.32 Å².